The highest BCUT2D eigenvalue weighted by Gasteiger charge is 2.32. The molecule has 0 saturated carbocycles. The maximum atomic E-state index is 12.8. The van der Waals surface area contributed by atoms with E-state index in [2.05, 4.69) is 13.2 Å². The van der Waals surface area contributed by atoms with Crippen LogP contribution >= 0.6 is 23.4 Å². The Labute approximate surface area is 170 Å². The molecule has 27 heavy (non-hydrogen) atoms. The number of halogens is 1. The third-order valence-electron chi connectivity index (χ3n) is 4.24. The van der Waals surface area contributed by atoms with Crippen molar-refractivity contribution < 1.29 is 9.59 Å². The molecule has 1 heterocycles. The highest BCUT2D eigenvalue weighted by molar-refractivity contribution is 7.99. The van der Waals surface area contributed by atoms with E-state index < -0.39 is 0 Å². The van der Waals surface area contributed by atoms with Crippen molar-refractivity contribution in [3.63, 3.8) is 0 Å². The molecule has 1 atom stereocenters. The van der Waals surface area contributed by atoms with Gasteiger partial charge in [0.15, 0.2) is 0 Å². The molecule has 1 aliphatic heterocycles. The Hall–Kier alpha value is -1.76. The molecule has 1 fully saturated rings. The van der Waals surface area contributed by atoms with E-state index in [9.17, 15) is 9.59 Å². The summed E-state index contributed by atoms with van der Waals surface area (Å²) in [7, 11) is 1.78. The Morgan fingerprint density at radius 2 is 1.93 bits per heavy atom. The summed E-state index contributed by atoms with van der Waals surface area (Å²) in [6, 6.07) is 7.62. The molecule has 1 aliphatic rings. The number of rotatable bonds is 9. The monoisotopic (exact) mass is 407 g/mol. The number of nitrogens with zero attached hydrogens (tertiary/aromatic N) is 3. The number of likely N-dealkylation sites (N-methyl/N-ethyl adjacent to an activating group) is 1. The summed E-state index contributed by atoms with van der Waals surface area (Å²) in [6.45, 7) is 9.31. The van der Waals surface area contributed by atoms with Gasteiger partial charge < -0.3 is 9.80 Å². The molecule has 1 aromatic carbocycles. The smallest absolute Gasteiger partial charge is 0.237 e. The minimum absolute atomic E-state index is 0.000730. The van der Waals surface area contributed by atoms with Gasteiger partial charge in [0.1, 0.15) is 5.37 Å². The van der Waals surface area contributed by atoms with Crippen LogP contribution in [0.3, 0.4) is 0 Å². The molecule has 1 aromatic rings. The zero-order valence-electron chi connectivity index (χ0n) is 15.6. The summed E-state index contributed by atoms with van der Waals surface area (Å²) >= 11 is 8.03. The molecule has 0 aromatic heterocycles. The van der Waals surface area contributed by atoms with Crippen molar-refractivity contribution in [3.8, 4) is 0 Å². The van der Waals surface area contributed by atoms with E-state index in [1.807, 2.05) is 29.2 Å². The number of carbonyl (C=O) groups is 2. The highest BCUT2D eigenvalue weighted by Crippen LogP contribution is 2.40. The zero-order chi connectivity index (χ0) is 19.8. The molecule has 2 amide bonds. The van der Waals surface area contributed by atoms with Crippen LogP contribution in [-0.4, -0.2) is 72.0 Å². The van der Waals surface area contributed by atoms with Gasteiger partial charge in [0, 0.05) is 36.0 Å². The van der Waals surface area contributed by atoms with E-state index in [-0.39, 0.29) is 30.3 Å². The predicted octanol–water partition coefficient (Wildman–Crippen LogP) is 3.05. The summed E-state index contributed by atoms with van der Waals surface area (Å²) in [5.74, 6) is 0.819. The predicted molar refractivity (Wildman–Crippen MR) is 113 cm³/mol. The molecule has 2 rings (SSSR count). The summed E-state index contributed by atoms with van der Waals surface area (Å²) in [5.41, 5.74) is 0.955. The average molecular weight is 408 g/mol. The second kappa shape index (κ2) is 10.5. The highest BCUT2D eigenvalue weighted by atomic mass is 35.5. The molecule has 1 unspecified atom stereocenters. The summed E-state index contributed by atoms with van der Waals surface area (Å²) in [5, 5.41) is 0.594. The van der Waals surface area contributed by atoms with Crippen LogP contribution in [0.2, 0.25) is 5.02 Å². The molecule has 0 spiro atoms. The van der Waals surface area contributed by atoms with E-state index in [0.717, 1.165) is 11.3 Å². The standard InChI is InChI=1S/C20H26ClN3O2S/c1-4-10-23(11-5-2)18(25)14-22(3)15-19(26)24-12-13-27-20(24)16-8-6-7-9-17(16)21/h4-9,20H,1-2,10-15H2,3H3. The fourth-order valence-electron chi connectivity index (χ4n) is 2.96. The first kappa shape index (κ1) is 21.5. The lowest BCUT2D eigenvalue weighted by molar-refractivity contribution is -0.134. The van der Waals surface area contributed by atoms with Crippen LogP contribution in [0.15, 0.2) is 49.6 Å². The first-order valence-electron chi connectivity index (χ1n) is 8.81. The van der Waals surface area contributed by atoms with Gasteiger partial charge in [-0.1, -0.05) is 42.0 Å². The molecule has 0 N–H and O–H groups in total. The first-order valence-corrected chi connectivity index (χ1v) is 10.2. The Bertz CT molecular complexity index is 688. The summed E-state index contributed by atoms with van der Waals surface area (Å²) < 4.78 is 0. The van der Waals surface area contributed by atoms with Gasteiger partial charge in [-0.3, -0.25) is 14.5 Å². The number of carbonyl (C=O) groups excluding carboxylic acids is 2. The second-order valence-corrected chi connectivity index (χ2v) is 7.98. The van der Waals surface area contributed by atoms with Crippen molar-refractivity contribution in [2.75, 3.05) is 45.5 Å². The fraction of sp³-hybridized carbons (Fsp3) is 0.400. The van der Waals surface area contributed by atoms with Crippen molar-refractivity contribution in [2.45, 2.75) is 5.37 Å². The molecule has 0 aliphatic carbocycles. The van der Waals surface area contributed by atoms with Crippen molar-refractivity contribution in [3.05, 3.63) is 60.2 Å². The molecular weight excluding hydrogens is 382 g/mol. The lowest BCUT2D eigenvalue weighted by atomic mass is 10.2. The number of amides is 2. The van der Waals surface area contributed by atoms with Crippen LogP contribution in [0.5, 0.6) is 0 Å². The number of benzene rings is 1. The van der Waals surface area contributed by atoms with Crippen LogP contribution in [0.1, 0.15) is 10.9 Å². The fourth-order valence-corrected chi connectivity index (χ4v) is 4.57. The van der Waals surface area contributed by atoms with Crippen LogP contribution in [0.25, 0.3) is 0 Å². The van der Waals surface area contributed by atoms with Gasteiger partial charge in [0.25, 0.3) is 0 Å². The second-order valence-electron chi connectivity index (χ2n) is 6.38. The largest absolute Gasteiger partial charge is 0.334 e. The molecule has 1 saturated heterocycles. The molecule has 0 radical (unpaired) electrons. The SMILES string of the molecule is C=CCN(CC=C)C(=O)CN(C)CC(=O)N1CCSC1c1ccccc1Cl. The quantitative estimate of drug-likeness (QED) is 0.590. The Kier molecular flexibility index (Phi) is 8.41. The average Bonchev–Trinajstić information content (AvgIpc) is 3.11. The molecule has 5 nitrogen and oxygen atoms in total. The first-order chi connectivity index (χ1) is 13.0. The third-order valence-corrected chi connectivity index (χ3v) is 5.83. The normalized spacial score (nSPS) is 16.4. The van der Waals surface area contributed by atoms with Gasteiger partial charge in [-0.15, -0.1) is 24.9 Å². The van der Waals surface area contributed by atoms with Crippen molar-refractivity contribution in [2.24, 2.45) is 0 Å². The Morgan fingerprint density at radius 1 is 1.26 bits per heavy atom. The molecule has 0 bridgehead atoms. The van der Waals surface area contributed by atoms with Crippen LogP contribution in [0, 0.1) is 0 Å². The van der Waals surface area contributed by atoms with Crippen LogP contribution < -0.4 is 0 Å². The van der Waals surface area contributed by atoms with Gasteiger partial charge in [-0.05, 0) is 13.1 Å². The van der Waals surface area contributed by atoms with Gasteiger partial charge in [0.05, 0.1) is 13.1 Å². The topological polar surface area (TPSA) is 43.9 Å². The van der Waals surface area contributed by atoms with Crippen molar-refractivity contribution >= 4 is 35.2 Å². The third kappa shape index (κ3) is 5.86. The zero-order valence-corrected chi connectivity index (χ0v) is 17.2. The molecular formula is C20H26ClN3O2S. The van der Waals surface area contributed by atoms with Gasteiger partial charge in [0.2, 0.25) is 11.8 Å². The van der Waals surface area contributed by atoms with E-state index in [4.69, 9.17) is 11.6 Å². The molecule has 146 valence electrons. The van der Waals surface area contributed by atoms with Crippen molar-refractivity contribution in [1.82, 2.24) is 14.7 Å². The van der Waals surface area contributed by atoms with Gasteiger partial charge in [-0.2, -0.15) is 0 Å². The minimum Gasteiger partial charge on any atom is -0.334 e. The van der Waals surface area contributed by atoms with E-state index >= 15 is 0 Å². The maximum absolute atomic E-state index is 12.8. The van der Waals surface area contributed by atoms with E-state index in [1.54, 1.807) is 40.8 Å². The number of hydrogen-bond donors (Lipinski definition) is 0. The van der Waals surface area contributed by atoms with Gasteiger partial charge in [-0.25, -0.2) is 0 Å². The molecule has 7 heteroatoms. The van der Waals surface area contributed by atoms with E-state index in [1.165, 1.54) is 0 Å². The Morgan fingerprint density at radius 3 is 2.56 bits per heavy atom. The number of thioether (sulfide) groups is 1. The van der Waals surface area contributed by atoms with E-state index in [0.29, 0.717) is 24.7 Å². The lowest BCUT2D eigenvalue weighted by Crippen LogP contribution is -2.44. The summed E-state index contributed by atoms with van der Waals surface area (Å²) in [4.78, 5) is 30.5. The Balaban J connectivity index is 1.97. The van der Waals surface area contributed by atoms with Crippen LogP contribution in [0.4, 0.5) is 0 Å². The van der Waals surface area contributed by atoms with Crippen molar-refractivity contribution in [1.29, 1.82) is 0 Å². The van der Waals surface area contributed by atoms with Crippen LogP contribution in [-0.2, 0) is 9.59 Å². The maximum Gasteiger partial charge on any atom is 0.237 e. The lowest BCUT2D eigenvalue weighted by Gasteiger charge is -2.28. The van der Waals surface area contributed by atoms with Gasteiger partial charge >= 0.3 is 0 Å². The minimum atomic E-state index is -0.0756. The number of hydrogen-bond acceptors (Lipinski definition) is 4. The summed E-state index contributed by atoms with van der Waals surface area (Å²) in [6.07, 6.45) is 3.37.